The molecule has 0 aliphatic rings. The van der Waals surface area contributed by atoms with E-state index in [1.54, 1.807) is 0 Å². The summed E-state index contributed by atoms with van der Waals surface area (Å²) in [4.78, 5) is 10.9. The van der Waals surface area contributed by atoms with Crippen LogP contribution < -0.4 is 0 Å². The van der Waals surface area contributed by atoms with Crippen molar-refractivity contribution in [2.45, 2.75) is 32.6 Å². The lowest BCUT2D eigenvalue weighted by Crippen LogP contribution is -2.39. The maximum absolute atomic E-state index is 11.1. The Morgan fingerprint density at radius 2 is 1.80 bits per heavy atom. The molecule has 0 amide bonds. The summed E-state index contributed by atoms with van der Waals surface area (Å²) in [5.41, 5.74) is 0.679. The van der Waals surface area contributed by atoms with Crippen molar-refractivity contribution in [1.82, 2.24) is 0 Å². The zero-order valence-electron chi connectivity index (χ0n) is 12.3. The molecule has 1 atom stereocenters. The molecule has 0 heterocycles. The molecule has 0 bridgehead atoms. The first kappa shape index (κ1) is 14.5. The van der Waals surface area contributed by atoms with Gasteiger partial charge in [0, 0.05) is 4.92 Å². The Morgan fingerprint density at radius 3 is 2.35 bits per heavy atom. The maximum Gasteiger partial charge on any atom is 0.213 e. The molecule has 0 spiro atoms. The topological polar surface area (TPSA) is 43.1 Å². The predicted molar refractivity (Wildman–Crippen MR) is 82.6 cm³/mol. The summed E-state index contributed by atoms with van der Waals surface area (Å²) in [5, 5.41) is 13.4. The highest BCUT2D eigenvalue weighted by Crippen LogP contribution is 2.37. The van der Waals surface area contributed by atoms with Gasteiger partial charge in [0.2, 0.25) is 6.54 Å². The fraction of sp³-hybridized carbons (Fsp3) is 0.412. The molecule has 106 valence electrons. The minimum absolute atomic E-state index is 0.0144. The smallest absolute Gasteiger partial charge is 0.213 e. The van der Waals surface area contributed by atoms with E-state index >= 15 is 0 Å². The molecule has 0 N–H and O–H groups in total. The van der Waals surface area contributed by atoms with E-state index in [0.717, 1.165) is 17.4 Å². The zero-order valence-corrected chi connectivity index (χ0v) is 12.3. The number of fused-ring (bicyclic) bond motifs is 1. The third-order valence-corrected chi connectivity index (χ3v) is 4.47. The van der Waals surface area contributed by atoms with Gasteiger partial charge < -0.3 is 0 Å². The van der Waals surface area contributed by atoms with Gasteiger partial charge >= 0.3 is 0 Å². The molecule has 3 heteroatoms. The highest BCUT2D eigenvalue weighted by molar-refractivity contribution is 5.83. The lowest BCUT2D eigenvalue weighted by atomic mass is 9.69. The second kappa shape index (κ2) is 5.61. The maximum atomic E-state index is 11.1. The van der Waals surface area contributed by atoms with Crippen molar-refractivity contribution in [2.75, 3.05) is 6.54 Å². The van der Waals surface area contributed by atoms with E-state index in [1.807, 2.05) is 19.1 Å². The summed E-state index contributed by atoms with van der Waals surface area (Å²) in [5.74, 6) is 0.221. The average molecular weight is 271 g/mol. The van der Waals surface area contributed by atoms with Gasteiger partial charge in [-0.3, -0.25) is 10.1 Å². The second-order valence-corrected chi connectivity index (χ2v) is 5.72. The molecular formula is C17H21NO2. The van der Waals surface area contributed by atoms with Crippen LogP contribution in [0.25, 0.3) is 10.8 Å². The Hall–Kier alpha value is -1.90. The number of nitrogens with zero attached hydrogens (tertiary/aromatic N) is 1. The van der Waals surface area contributed by atoms with E-state index in [-0.39, 0.29) is 17.4 Å². The molecule has 0 aromatic heterocycles. The molecule has 0 unspecified atom stereocenters. The summed E-state index contributed by atoms with van der Waals surface area (Å²) in [6.07, 6.45) is 0.768. The SMILES string of the molecule is CC[C@](C[N+](=O)[O-])(c1ccc2ccccc2c1)C(C)C. The number of hydrogen-bond donors (Lipinski definition) is 0. The van der Waals surface area contributed by atoms with Crippen LogP contribution in [-0.4, -0.2) is 11.5 Å². The molecule has 0 saturated carbocycles. The van der Waals surface area contributed by atoms with Crippen molar-refractivity contribution in [2.24, 2.45) is 5.92 Å². The molecule has 0 aliphatic carbocycles. The summed E-state index contributed by atoms with van der Waals surface area (Å²) in [6.45, 7) is 6.17. The van der Waals surface area contributed by atoms with Crippen LogP contribution in [0.4, 0.5) is 0 Å². The van der Waals surface area contributed by atoms with Crippen LogP contribution in [0.15, 0.2) is 42.5 Å². The Bertz CT molecular complexity index is 621. The van der Waals surface area contributed by atoms with Crippen LogP contribution in [-0.2, 0) is 5.41 Å². The standard InChI is InChI=1S/C17H21NO2/c1-4-17(13(2)3,12-18(19)20)16-10-9-14-7-5-6-8-15(14)11-16/h5-11,13H,4,12H2,1-3H3/t17-/m1/s1. The van der Waals surface area contributed by atoms with E-state index < -0.39 is 5.41 Å². The van der Waals surface area contributed by atoms with Gasteiger partial charge in [-0.2, -0.15) is 0 Å². The molecule has 0 aliphatic heterocycles. The third kappa shape index (κ3) is 2.53. The molecule has 2 aromatic rings. The van der Waals surface area contributed by atoms with Crippen LogP contribution in [0.2, 0.25) is 0 Å². The number of nitro groups is 1. The second-order valence-electron chi connectivity index (χ2n) is 5.72. The van der Waals surface area contributed by atoms with Crippen molar-refractivity contribution < 1.29 is 4.92 Å². The van der Waals surface area contributed by atoms with Crippen molar-refractivity contribution in [3.63, 3.8) is 0 Å². The van der Waals surface area contributed by atoms with Crippen molar-refractivity contribution in [3.05, 3.63) is 58.1 Å². The Kier molecular flexibility index (Phi) is 4.07. The Labute approximate surface area is 119 Å². The van der Waals surface area contributed by atoms with Crippen LogP contribution >= 0.6 is 0 Å². The molecule has 0 fully saturated rings. The van der Waals surface area contributed by atoms with Gasteiger partial charge in [-0.05, 0) is 28.7 Å². The average Bonchev–Trinajstić information content (AvgIpc) is 2.43. The van der Waals surface area contributed by atoms with Crippen molar-refractivity contribution >= 4 is 10.8 Å². The molecule has 0 saturated heterocycles. The zero-order chi connectivity index (χ0) is 14.8. The molecule has 20 heavy (non-hydrogen) atoms. The Balaban J connectivity index is 2.58. The first-order chi connectivity index (χ1) is 9.49. The van der Waals surface area contributed by atoms with Crippen LogP contribution in [0, 0.1) is 16.0 Å². The van der Waals surface area contributed by atoms with Gasteiger partial charge in [0.05, 0.1) is 5.41 Å². The number of hydrogen-bond acceptors (Lipinski definition) is 2. The van der Waals surface area contributed by atoms with Crippen LogP contribution in [0.1, 0.15) is 32.8 Å². The van der Waals surface area contributed by atoms with Gasteiger partial charge in [-0.15, -0.1) is 0 Å². The monoisotopic (exact) mass is 271 g/mol. The predicted octanol–water partition coefficient (Wildman–Crippen LogP) is 4.42. The highest BCUT2D eigenvalue weighted by atomic mass is 16.6. The third-order valence-electron chi connectivity index (χ3n) is 4.47. The summed E-state index contributed by atoms with van der Waals surface area (Å²) < 4.78 is 0. The fourth-order valence-corrected chi connectivity index (χ4v) is 3.06. The first-order valence-electron chi connectivity index (χ1n) is 7.10. The summed E-state index contributed by atoms with van der Waals surface area (Å²) in [6, 6.07) is 14.4. The van der Waals surface area contributed by atoms with Gasteiger partial charge in [0.1, 0.15) is 0 Å². The first-order valence-corrected chi connectivity index (χ1v) is 7.10. The lowest BCUT2D eigenvalue weighted by molar-refractivity contribution is -0.493. The molecule has 3 nitrogen and oxygen atoms in total. The van der Waals surface area contributed by atoms with E-state index in [0.29, 0.717) is 0 Å². The normalized spacial score (nSPS) is 14.4. The van der Waals surface area contributed by atoms with E-state index in [9.17, 15) is 10.1 Å². The quantitative estimate of drug-likeness (QED) is 0.596. The van der Waals surface area contributed by atoms with Gasteiger partial charge in [0.25, 0.3) is 0 Å². The lowest BCUT2D eigenvalue weighted by Gasteiger charge is -2.33. The Morgan fingerprint density at radius 1 is 1.15 bits per heavy atom. The van der Waals surface area contributed by atoms with Gasteiger partial charge in [0.15, 0.2) is 0 Å². The largest absolute Gasteiger partial charge is 0.265 e. The molecular weight excluding hydrogens is 250 g/mol. The van der Waals surface area contributed by atoms with Crippen LogP contribution in [0.5, 0.6) is 0 Å². The van der Waals surface area contributed by atoms with Crippen LogP contribution in [0.3, 0.4) is 0 Å². The van der Waals surface area contributed by atoms with E-state index in [1.165, 1.54) is 5.39 Å². The van der Waals surface area contributed by atoms with Gasteiger partial charge in [-0.1, -0.05) is 63.2 Å². The van der Waals surface area contributed by atoms with Gasteiger partial charge in [-0.25, -0.2) is 0 Å². The van der Waals surface area contributed by atoms with Crippen molar-refractivity contribution in [3.8, 4) is 0 Å². The molecule has 0 radical (unpaired) electrons. The molecule has 2 rings (SSSR count). The van der Waals surface area contributed by atoms with E-state index in [4.69, 9.17) is 0 Å². The highest BCUT2D eigenvalue weighted by Gasteiger charge is 2.39. The number of rotatable bonds is 5. The minimum atomic E-state index is -0.395. The molecule has 2 aromatic carbocycles. The van der Waals surface area contributed by atoms with Crippen molar-refractivity contribution in [1.29, 1.82) is 0 Å². The summed E-state index contributed by atoms with van der Waals surface area (Å²) in [7, 11) is 0. The number of benzene rings is 2. The fourth-order valence-electron chi connectivity index (χ4n) is 3.06. The summed E-state index contributed by atoms with van der Waals surface area (Å²) >= 11 is 0. The van der Waals surface area contributed by atoms with E-state index in [2.05, 4.69) is 44.2 Å². The minimum Gasteiger partial charge on any atom is -0.265 e.